The van der Waals surface area contributed by atoms with Crippen LogP contribution in [0.5, 0.6) is 28.7 Å². The summed E-state index contributed by atoms with van der Waals surface area (Å²) in [4.78, 5) is 2.31. The van der Waals surface area contributed by atoms with Gasteiger partial charge in [-0.2, -0.15) is 0 Å². The van der Waals surface area contributed by atoms with Crippen molar-refractivity contribution in [3.8, 4) is 28.7 Å². The molecule has 2 aromatic carbocycles. The first-order chi connectivity index (χ1) is 14.7. The summed E-state index contributed by atoms with van der Waals surface area (Å²) in [6.45, 7) is 5.73. The van der Waals surface area contributed by atoms with Crippen LogP contribution < -0.4 is 23.7 Å². The number of rotatable bonds is 4. The Morgan fingerprint density at radius 1 is 1.07 bits per heavy atom. The molecular formula is C23H25NO6. The van der Waals surface area contributed by atoms with E-state index in [9.17, 15) is 0 Å². The first-order valence-electron chi connectivity index (χ1n) is 9.91. The van der Waals surface area contributed by atoms with Crippen molar-refractivity contribution in [3.05, 3.63) is 46.5 Å². The molecule has 3 aliphatic rings. The van der Waals surface area contributed by atoms with Crippen molar-refractivity contribution >= 4 is 6.08 Å². The van der Waals surface area contributed by atoms with Crippen LogP contribution in [0, 0.1) is 0 Å². The number of hydrogen-bond donors (Lipinski definition) is 0. The SMILES string of the molecule is C=Cc1cc2c(c(OC)c1C1Cc3c(cc(OC)c4c3COCO4)CN1C)OCO2. The molecule has 1 unspecified atom stereocenters. The number of nitrogens with zero attached hydrogens (tertiary/aromatic N) is 1. The Bertz CT molecular complexity index is 1020. The number of benzene rings is 2. The zero-order chi connectivity index (χ0) is 20.8. The molecule has 2 aromatic rings. The summed E-state index contributed by atoms with van der Waals surface area (Å²) in [5.41, 5.74) is 5.55. The van der Waals surface area contributed by atoms with Gasteiger partial charge in [0.1, 0.15) is 0 Å². The van der Waals surface area contributed by atoms with Crippen LogP contribution >= 0.6 is 0 Å². The molecule has 5 rings (SSSR count). The monoisotopic (exact) mass is 411 g/mol. The van der Waals surface area contributed by atoms with Crippen LogP contribution in [0.2, 0.25) is 0 Å². The predicted octanol–water partition coefficient (Wildman–Crippen LogP) is 3.67. The molecule has 0 fully saturated rings. The Hall–Kier alpha value is -2.90. The van der Waals surface area contributed by atoms with Gasteiger partial charge >= 0.3 is 0 Å². The average Bonchev–Trinajstić information content (AvgIpc) is 3.25. The van der Waals surface area contributed by atoms with Gasteiger partial charge in [0, 0.05) is 23.7 Å². The Balaban J connectivity index is 1.65. The van der Waals surface area contributed by atoms with E-state index in [0.29, 0.717) is 23.9 Å². The van der Waals surface area contributed by atoms with E-state index in [2.05, 4.69) is 24.6 Å². The fourth-order valence-corrected chi connectivity index (χ4v) is 4.70. The first-order valence-corrected chi connectivity index (χ1v) is 9.91. The quantitative estimate of drug-likeness (QED) is 0.761. The van der Waals surface area contributed by atoms with Gasteiger partial charge in [0.15, 0.2) is 29.8 Å². The summed E-state index contributed by atoms with van der Waals surface area (Å²) >= 11 is 0. The molecule has 0 bridgehead atoms. The van der Waals surface area contributed by atoms with Gasteiger partial charge < -0.3 is 28.4 Å². The van der Waals surface area contributed by atoms with Gasteiger partial charge in [0.2, 0.25) is 12.5 Å². The number of fused-ring (bicyclic) bond motifs is 4. The zero-order valence-electron chi connectivity index (χ0n) is 17.4. The van der Waals surface area contributed by atoms with Crippen LogP contribution in [-0.4, -0.2) is 39.8 Å². The second kappa shape index (κ2) is 7.41. The van der Waals surface area contributed by atoms with Gasteiger partial charge in [-0.05, 0) is 42.3 Å². The molecule has 0 spiro atoms. The van der Waals surface area contributed by atoms with Crippen molar-refractivity contribution in [2.45, 2.75) is 25.6 Å². The van der Waals surface area contributed by atoms with Crippen LogP contribution in [0.3, 0.4) is 0 Å². The third-order valence-electron chi connectivity index (χ3n) is 6.10. The first kappa shape index (κ1) is 19.1. The second-order valence-corrected chi connectivity index (χ2v) is 7.62. The molecule has 30 heavy (non-hydrogen) atoms. The van der Waals surface area contributed by atoms with E-state index in [1.807, 2.05) is 12.1 Å². The maximum atomic E-state index is 5.82. The maximum Gasteiger partial charge on any atom is 0.231 e. The lowest BCUT2D eigenvalue weighted by Crippen LogP contribution is -2.33. The van der Waals surface area contributed by atoms with Gasteiger partial charge in [0.25, 0.3) is 0 Å². The van der Waals surface area contributed by atoms with Crippen LogP contribution in [0.15, 0.2) is 18.7 Å². The molecule has 0 aromatic heterocycles. The van der Waals surface area contributed by atoms with Gasteiger partial charge in [0.05, 0.1) is 20.8 Å². The molecule has 0 aliphatic carbocycles. The molecule has 0 N–H and O–H groups in total. The summed E-state index contributed by atoms with van der Waals surface area (Å²) in [7, 11) is 5.45. The minimum Gasteiger partial charge on any atom is -0.493 e. The van der Waals surface area contributed by atoms with Crippen LogP contribution in [-0.2, 0) is 24.3 Å². The van der Waals surface area contributed by atoms with E-state index in [1.54, 1.807) is 14.2 Å². The number of ether oxygens (including phenoxy) is 6. The van der Waals surface area contributed by atoms with E-state index in [-0.39, 0.29) is 19.6 Å². The molecule has 0 saturated heterocycles. The molecule has 7 nitrogen and oxygen atoms in total. The van der Waals surface area contributed by atoms with Crippen molar-refractivity contribution in [1.29, 1.82) is 0 Å². The summed E-state index contributed by atoms with van der Waals surface area (Å²) in [6.07, 6.45) is 2.63. The lowest BCUT2D eigenvalue weighted by molar-refractivity contribution is -0.0189. The molecule has 3 heterocycles. The second-order valence-electron chi connectivity index (χ2n) is 7.62. The predicted molar refractivity (Wildman–Crippen MR) is 110 cm³/mol. The maximum absolute atomic E-state index is 5.82. The summed E-state index contributed by atoms with van der Waals surface area (Å²) in [6, 6.07) is 4.12. The normalized spacial score (nSPS) is 19.5. The Labute approximate surface area is 175 Å². The third kappa shape index (κ3) is 2.80. The molecule has 0 amide bonds. The summed E-state index contributed by atoms with van der Waals surface area (Å²) in [5, 5.41) is 0. The standard InChI is InChI=1S/C23H25NO6/c1-5-13-6-19-22(30-12-28-19)23(26-4)20(13)17-8-15-14(9-24(17)2)7-18(25-3)21-16(15)10-27-11-29-21/h5-7,17H,1,8-12H2,2-4H3. The Morgan fingerprint density at radius 3 is 2.67 bits per heavy atom. The minimum absolute atomic E-state index is 0.0642. The van der Waals surface area contributed by atoms with Crippen molar-refractivity contribution in [1.82, 2.24) is 4.90 Å². The minimum atomic E-state index is 0.0642. The van der Waals surface area contributed by atoms with Crippen molar-refractivity contribution in [3.63, 3.8) is 0 Å². The Kier molecular flexibility index (Phi) is 4.72. The van der Waals surface area contributed by atoms with Crippen LogP contribution in [0.25, 0.3) is 6.08 Å². The number of likely N-dealkylation sites (N-methyl/N-ethyl adjacent to an activating group) is 1. The van der Waals surface area contributed by atoms with Gasteiger partial charge in [-0.3, -0.25) is 4.90 Å². The lowest BCUT2D eigenvalue weighted by Gasteiger charge is -2.38. The van der Waals surface area contributed by atoms with E-state index in [4.69, 9.17) is 28.4 Å². The molecule has 7 heteroatoms. The summed E-state index contributed by atoms with van der Waals surface area (Å²) in [5.74, 6) is 3.59. The fraction of sp³-hybridized carbons (Fsp3) is 0.391. The lowest BCUT2D eigenvalue weighted by atomic mass is 9.84. The highest BCUT2D eigenvalue weighted by atomic mass is 16.7. The van der Waals surface area contributed by atoms with Crippen molar-refractivity contribution in [2.24, 2.45) is 0 Å². The number of hydrogen-bond acceptors (Lipinski definition) is 7. The van der Waals surface area contributed by atoms with Gasteiger partial charge in [-0.25, -0.2) is 0 Å². The molecular weight excluding hydrogens is 386 g/mol. The molecule has 0 radical (unpaired) electrons. The van der Waals surface area contributed by atoms with Crippen molar-refractivity contribution < 1.29 is 28.4 Å². The van der Waals surface area contributed by atoms with E-state index < -0.39 is 0 Å². The van der Waals surface area contributed by atoms with E-state index >= 15 is 0 Å². The molecule has 1 atom stereocenters. The zero-order valence-corrected chi connectivity index (χ0v) is 17.4. The smallest absolute Gasteiger partial charge is 0.231 e. The van der Waals surface area contributed by atoms with E-state index in [1.165, 1.54) is 11.1 Å². The van der Waals surface area contributed by atoms with E-state index in [0.717, 1.165) is 41.2 Å². The van der Waals surface area contributed by atoms with Crippen LogP contribution in [0.4, 0.5) is 0 Å². The molecule has 0 saturated carbocycles. The fourth-order valence-electron chi connectivity index (χ4n) is 4.70. The van der Waals surface area contributed by atoms with Gasteiger partial charge in [-0.1, -0.05) is 12.7 Å². The Morgan fingerprint density at radius 2 is 1.90 bits per heavy atom. The number of methoxy groups -OCH3 is 2. The average molecular weight is 411 g/mol. The van der Waals surface area contributed by atoms with Crippen LogP contribution in [0.1, 0.15) is 33.9 Å². The summed E-state index contributed by atoms with van der Waals surface area (Å²) < 4.78 is 34.1. The molecule has 3 aliphatic heterocycles. The topological polar surface area (TPSA) is 58.6 Å². The highest BCUT2D eigenvalue weighted by Crippen LogP contribution is 2.51. The third-order valence-corrected chi connectivity index (χ3v) is 6.10. The highest BCUT2D eigenvalue weighted by molar-refractivity contribution is 5.69. The molecule has 158 valence electrons. The largest absolute Gasteiger partial charge is 0.493 e. The van der Waals surface area contributed by atoms with Crippen molar-refractivity contribution in [2.75, 3.05) is 34.9 Å². The van der Waals surface area contributed by atoms with Gasteiger partial charge in [-0.15, -0.1) is 0 Å². The highest BCUT2D eigenvalue weighted by Gasteiger charge is 2.36.